The summed E-state index contributed by atoms with van der Waals surface area (Å²) in [6, 6.07) is 6.78. The molecule has 0 radical (unpaired) electrons. The summed E-state index contributed by atoms with van der Waals surface area (Å²) in [5.74, 6) is 0. The van der Waals surface area contributed by atoms with E-state index in [0.717, 1.165) is 45.8 Å². The number of anilines is 1. The van der Waals surface area contributed by atoms with Crippen molar-refractivity contribution in [2.45, 2.75) is 20.4 Å². The van der Waals surface area contributed by atoms with E-state index in [1.165, 1.54) is 16.8 Å². The van der Waals surface area contributed by atoms with Gasteiger partial charge in [-0.2, -0.15) is 0 Å². The van der Waals surface area contributed by atoms with Crippen LogP contribution in [0.4, 0.5) is 5.69 Å². The van der Waals surface area contributed by atoms with Gasteiger partial charge < -0.3 is 15.3 Å². The van der Waals surface area contributed by atoms with Gasteiger partial charge in [-0.05, 0) is 36.7 Å². The highest BCUT2D eigenvalue weighted by molar-refractivity contribution is 5.51. The minimum Gasteiger partial charge on any atom is -0.395 e. The molecule has 0 aromatic heterocycles. The summed E-state index contributed by atoms with van der Waals surface area (Å²) in [5, 5.41) is 12.4. The number of nitrogens with zero attached hydrogens (tertiary/aromatic N) is 2. The van der Waals surface area contributed by atoms with E-state index >= 15 is 0 Å². The minimum absolute atomic E-state index is 0.262. The molecule has 0 unspecified atom stereocenters. The van der Waals surface area contributed by atoms with Gasteiger partial charge in [0, 0.05) is 45.0 Å². The predicted octanol–water partition coefficient (Wildman–Crippen LogP) is 1.22. The Morgan fingerprint density at radius 1 is 1.20 bits per heavy atom. The summed E-state index contributed by atoms with van der Waals surface area (Å²) < 4.78 is 0. The third-order valence-corrected chi connectivity index (χ3v) is 4.05. The van der Waals surface area contributed by atoms with E-state index in [1.54, 1.807) is 0 Å². The second-order valence-corrected chi connectivity index (χ2v) is 5.44. The number of hydrogen-bond acceptors (Lipinski definition) is 4. The van der Waals surface area contributed by atoms with Crippen LogP contribution < -0.4 is 10.2 Å². The monoisotopic (exact) mass is 277 g/mol. The van der Waals surface area contributed by atoms with Gasteiger partial charge in [0.15, 0.2) is 0 Å². The van der Waals surface area contributed by atoms with Crippen molar-refractivity contribution in [1.29, 1.82) is 0 Å². The van der Waals surface area contributed by atoms with Crippen LogP contribution in [-0.4, -0.2) is 55.9 Å². The fourth-order valence-electron chi connectivity index (χ4n) is 2.71. The van der Waals surface area contributed by atoms with Crippen molar-refractivity contribution in [2.24, 2.45) is 0 Å². The first kappa shape index (κ1) is 15.3. The molecule has 112 valence electrons. The van der Waals surface area contributed by atoms with Gasteiger partial charge in [-0.1, -0.05) is 13.0 Å². The molecule has 0 aliphatic carbocycles. The quantitative estimate of drug-likeness (QED) is 0.820. The van der Waals surface area contributed by atoms with Gasteiger partial charge in [-0.25, -0.2) is 0 Å². The molecule has 0 spiro atoms. The molecule has 1 fully saturated rings. The molecule has 2 rings (SSSR count). The third kappa shape index (κ3) is 3.95. The zero-order valence-corrected chi connectivity index (χ0v) is 12.7. The zero-order chi connectivity index (χ0) is 14.4. The Hall–Kier alpha value is -1.10. The van der Waals surface area contributed by atoms with Crippen molar-refractivity contribution in [1.82, 2.24) is 10.2 Å². The van der Waals surface area contributed by atoms with E-state index in [4.69, 9.17) is 5.11 Å². The minimum atomic E-state index is 0.262. The summed E-state index contributed by atoms with van der Waals surface area (Å²) in [7, 11) is 0. The van der Waals surface area contributed by atoms with E-state index in [2.05, 4.69) is 47.2 Å². The fraction of sp³-hybridized carbons (Fsp3) is 0.625. The topological polar surface area (TPSA) is 38.7 Å². The summed E-state index contributed by atoms with van der Waals surface area (Å²) in [5.41, 5.74) is 4.07. The van der Waals surface area contributed by atoms with Gasteiger partial charge in [0.05, 0.1) is 6.61 Å². The maximum absolute atomic E-state index is 8.98. The van der Waals surface area contributed by atoms with Crippen molar-refractivity contribution in [3.8, 4) is 0 Å². The van der Waals surface area contributed by atoms with E-state index in [-0.39, 0.29) is 6.61 Å². The van der Waals surface area contributed by atoms with Crippen LogP contribution in [0.25, 0.3) is 0 Å². The molecule has 0 amide bonds. The van der Waals surface area contributed by atoms with E-state index in [9.17, 15) is 0 Å². The van der Waals surface area contributed by atoms with Gasteiger partial charge in [-0.3, -0.25) is 4.90 Å². The summed E-state index contributed by atoms with van der Waals surface area (Å²) in [4.78, 5) is 4.76. The Labute approximate surface area is 122 Å². The molecule has 20 heavy (non-hydrogen) atoms. The SMILES string of the molecule is CCNCc1ccc(N2CCN(CCO)CC2)cc1C. The molecule has 4 heteroatoms. The molecule has 1 aromatic rings. The van der Waals surface area contributed by atoms with Crippen molar-refractivity contribution in [3.63, 3.8) is 0 Å². The average molecular weight is 277 g/mol. The predicted molar refractivity (Wildman–Crippen MR) is 84.3 cm³/mol. The summed E-state index contributed by atoms with van der Waals surface area (Å²) >= 11 is 0. The van der Waals surface area contributed by atoms with Crippen molar-refractivity contribution >= 4 is 5.69 Å². The number of aliphatic hydroxyl groups excluding tert-OH is 1. The molecule has 4 nitrogen and oxygen atoms in total. The number of aliphatic hydroxyl groups is 1. The Balaban J connectivity index is 1.95. The van der Waals surface area contributed by atoms with Crippen LogP contribution in [0.15, 0.2) is 18.2 Å². The molecule has 1 aromatic carbocycles. The first-order valence-corrected chi connectivity index (χ1v) is 7.63. The molecule has 0 bridgehead atoms. The van der Waals surface area contributed by atoms with Crippen LogP contribution in [0.2, 0.25) is 0 Å². The Bertz CT molecular complexity index is 414. The lowest BCUT2D eigenvalue weighted by molar-refractivity contribution is 0.189. The number of nitrogens with one attached hydrogen (secondary N) is 1. The van der Waals surface area contributed by atoms with E-state index in [0.29, 0.717) is 0 Å². The number of β-amino-alcohol motifs (C(OH)–C–C–N with tert-alkyl or cyclic N) is 1. The largest absolute Gasteiger partial charge is 0.395 e. The second-order valence-electron chi connectivity index (χ2n) is 5.44. The van der Waals surface area contributed by atoms with Crippen LogP contribution in [0.1, 0.15) is 18.1 Å². The first-order valence-electron chi connectivity index (χ1n) is 7.63. The van der Waals surface area contributed by atoms with E-state index in [1.807, 2.05) is 0 Å². The highest BCUT2D eigenvalue weighted by Crippen LogP contribution is 2.20. The zero-order valence-electron chi connectivity index (χ0n) is 12.7. The first-order chi connectivity index (χ1) is 9.74. The van der Waals surface area contributed by atoms with Crippen LogP contribution >= 0.6 is 0 Å². The Morgan fingerprint density at radius 2 is 1.95 bits per heavy atom. The van der Waals surface area contributed by atoms with Gasteiger partial charge in [0.2, 0.25) is 0 Å². The molecule has 1 heterocycles. The highest BCUT2D eigenvalue weighted by Gasteiger charge is 2.16. The molecule has 1 aliphatic rings. The Kier molecular flexibility index (Phi) is 5.83. The van der Waals surface area contributed by atoms with Gasteiger partial charge in [0.1, 0.15) is 0 Å². The standard InChI is InChI=1S/C16H27N3O/c1-3-17-13-15-4-5-16(12-14(15)2)19-8-6-18(7-9-19)10-11-20/h4-5,12,17,20H,3,6-11,13H2,1-2H3. The lowest BCUT2D eigenvalue weighted by Crippen LogP contribution is -2.47. The number of aryl methyl sites for hydroxylation is 1. The molecule has 2 N–H and O–H groups in total. The molecule has 1 aliphatic heterocycles. The number of hydrogen-bond donors (Lipinski definition) is 2. The normalized spacial score (nSPS) is 16.6. The van der Waals surface area contributed by atoms with Crippen LogP contribution in [0.3, 0.4) is 0 Å². The molecule has 0 saturated carbocycles. The number of piperazine rings is 1. The molecule has 0 atom stereocenters. The molecular weight excluding hydrogens is 250 g/mol. The van der Waals surface area contributed by atoms with Crippen molar-refractivity contribution in [2.75, 3.05) is 50.8 Å². The van der Waals surface area contributed by atoms with Crippen LogP contribution in [0.5, 0.6) is 0 Å². The van der Waals surface area contributed by atoms with Crippen LogP contribution in [-0.2, 0) is 6.54 Å². The highest BCUT2D eigenvalue weighted by atomic mass is 16.3. The van der Waals surface area contributed by atoms with Gasteiger partial charge in [-0.15, -0.1) is 0 Å². The number of rotatable bonds is 6. The van der Waals surface area contributed by atoms with Crippen molar-refractivity contribution < 1.29 is 5.11 Å². The summed E-state index contributed by atoms with van der Waals surface area (Å²) in [6.07, 6.45) is 0. The fourth-order valence-corrected chi connectivity index (χ4v) is 2.71. The Morgan fingerprint density at radius 3 is 2.55 bits per heavy atom. The smallest absolute Gasteiger partial charge is 0.0558 e. The number of benzene rings is 1. The summed E-state index contributed by atoms with van der Waals surface area (Å²) in [6.45, 7) is 11.5. The lowest BCUT2D eigenvalue weighted by atomic mass is 10.1. The maximum Gasteiger partial charge on any atom is 0.0558 e. The van der Waals surface area contributed by atoms with E-state index < -0.39 is 0 Å². The maximum atomic E-state index is 8.98. The molecular formula is C16H27N3O. The third-order valence-electron chi connectivity index (χ3n) is 4.05. The average Bonchev–Trinajstić information content (AvgIpc) is 2.47. The van der Waals surface area contributed by atoms with Gasteiger partial charge in [0.25, 0.3) is 0 Å². The van der Waals surface area contributed by atoms with Gasteiger partial charge >= 0.3 is 0 Å². The van der Waals surface area contributed by atoms with Crippen molar-refractivity contribution in [3.05, 3.63) is 29.3 Å². The second kappa shape index (κ2) is 7.62. The van der Waals surface area contributed by atoms with Crippen LogP contribution in [0, 0.1) is 6.92 Å². The molecule has 1 saturated heterocycles. The lowest BCUT2D eigenvalue weighted by Gasteiger charge is -2.36.